The van der Waals surface area contributed by atoms with Gasteiger partial charge in [-0.3, -0.25) is 4.72 Å². The van der Waals surface area contributed by atoms with Gasteiger partial charge >= 0.3 is 0 Å². The molecule has 0 fully saturated rings. The van der Waals surface area contributed by atoms with Gasteiger partial charge in [0.15, 0.2) is 0 Å². The number of anilines is 2. The Morgan fingerprint density at radius 1 is 1.15 bits per heavy atom. The Morgan fingerprint density at radius 2 is 1.81 bits per heavy atom. The quantitative estimate of drug-likeness (QED) is 0.604. The molecule has 0 aromatic heterocycles. The van der Waals surface area contributed by atoms with E-state index < -0.39 is 27.4 Å². The van der Waals surface area contributed by atoms with Crippen LogP contribution in [0.15, 0.2) is 30.3 Å². The molecule has 8 heteroatoms. The van der Waals surface area contributed by atoms with E-state index in [2.05, 4.69) is 10.0 Å². The standard InChI is InChI=1S/C18H21F2N3O2S/c1-3-6-22-18-5-4-15(9-14(18)10-21)23-26(24,25)11-13-7-16(19)12(2)17(20)8-13/h4-5,7-10,21-23H,3,6,11H2,1-2H3. The second-order valence-corrected chi connectivity index (χ2v) is 7.64. The highest BCUT2D eigenvalue weighted by molar-refractivity contribution is 7.91. The van der Waals surface area contributed by atoms with Crippen LogP contribution in [0.3, 0.4) is 0 Å². The molecule has 0 aliphatic heterocycles. The summed E-state index contributed by atoms with van der Waals surface area (Å²) in [5, 5.41) is 10.6. The molecule has 0 amide bonds. The van der Waals surface area contributed by atoms with Gasteiger partial charge in [-0.2, -0.15) is 0 Å². The molecule has 3 N–H and O–H groups in total. The Morgan fingerprint density at radius 3 is 2.38 bits per heavy atom. The lowest BCUT2D eigenvalue weighted by Gasteiger charge is -2.13. The monoisotopic (exact) mass is 381 g/mol. The predicted octanol–water partition coefficient (Wildman–Crippen LogP) is 4.03. The first-order valence-electron chi connectivity index (χ1n) is 8.09. The van der Waals surface area contributed by atoms with E-state index in [9.17, 15) is 17.2 Å². The van der Waals surface area contributed by atoms with Crippen LogP contribution in [0.25, 0.3) is 0 Å². The average molecular weight is 381 g/mol. The van der Waals surface area contributed by atoms with Gasteiger partial charge in [0.05, 0.1) is 5.75 Å². The van der Waals surface area contributed by atoms with E-state index >= 15 is 0 Å². The Bertz CT molecular complexity index is 892. The number of sulfonamides is 1. The van der Waals surface area contributed by atoms with E-state index in [1.54, 1.807) is 12.1 Å². The summed E-state index contributed by atoms with van der Waals surface area (Å²) in [7, 11) is -3.87. The third kappa shape index (κ3) is 5.01. The maximum Gasteiger partial charge on any atom is 0.236 e. The van der Waals surface area contributed by atoms with Gasteiger partial charge in [0.2, 0.25) is 10.0 Å². The van der Waals surface area contributed by atoms with E-state index in [1.807, 2.05) is 6.92 Å². The van der Waals surface area contributed by atoms with Crippen molar-refractivity contribution >= 4 is 27.6 Å². The van der Waals surface area contributed by atoms with E-state index in [4.69, 9.17) is 5.41 Å². The van der Waals surface area contributed by atoms with Crippen molar-refractivity contribution < 1.29 is 17.2 Å². The number of hydrogen-bond acceptors (Lipinski definition) is 4. The van der Waals surface area contributed by atoms with Crippen LogP contribution in [0.5, 0.6) is 0 Å². The molecule has 0 aliphatic carbocycles. The number of nitrogens with one attached hydrogen (secondary N) is 3. The molecule has 2 aromatic rings. The van der Waals surface area contributed by atoms with Crippen molar-refractivity contribution in [1.29, 1.82) is 5.41 Å². The topological polar surface area (TPSA) is 82.0 Å². The molecular weight excluding hydrogens is 360 g/mol. The lowest BCUT2D eigenvalue weighted by Crippen LogP contribution is -2.16. The van der Waals surface area contributed by atoms with Gasteiger partial charge in [-0.1, -0.05) is 6.92 Å². The number of hydrogen-bond donors (Lipinski definition) is 3. The summed E-state index contributed by atoms with van der Waals surface area (Å²) in [5.74, 6) is -2.13. The Kier molecular flexibility index (Phi) is 6.31. The smallest absolute Gasteiger partial charge is 0.236 e. The van der Waals surface area contributed by atoms with Crippen LogP contribution in [0.2, 0.25) is 0 Å². The summed E-state index contributed by atoms with van der Waals surface area (Å²) in [4.78, 5) is 0. The van der Waals surface area contributed by atoms with Gasteiger partial charge in [0.25, 0.3) is 0 Å². The van der Waals surface area contributed by atoms with E-state index in [-0.39, 0.29) is 16.8 Å². The van der Waals surface area contributed by atoms with Gasteiger partial charge in [-0.05, 0) is 49.2 Å². The van der Waals surface area contributed by atoms with E-state index in [0.29, 0.717) is 5.56 Å². The van der Waals surface area contributed by atoms with Crippen molar-refractivity contribution in [1.82, 2.24) is 0 Å². The first kappa shape index (κ1) is 19.8. The Hall–Kier alpha value is -2.48. The van der Waals surface area contributed by atoms with Crippen molar-refractivity contribution in [3.8, 4) is 0 Å². The van der Waals surface area contributed by atoms with E-state index in [1.165, 1.54) is 13.0 Å². The van der Waals surface area contributed by atoms with Gasteiger partial charge in [-0.25, -0.2) is 17.2 Å². The Labute approximate surface area is 152 Å². The SMILES string of the molecule is CCCNc1ccc(NS(=O)(=O)Cc2cc(F)c(C)c(F)c2)cc1C=N. The van der Waals surface area contributed by atoms with Crippen molar-refractivity contribution in [2.75, 3.05) is 16.6 Å². The van der Waals surface area contributed by atoms with Crippen molar-refractivity contribution in [2.45, 2.75) is 26.0 Å². The average Bonchev–Trinajstić information content (AvgIpc) is 2.57. The Balaban J connectivity index is 2.20. The maximum absolute atomic E-state index is 13.6. The first-order valence-corrected chi connectivity index (χ1v) is 9.74. The van der Waals surface area contributed by atoms with Gasteiger partial charge in [-0.15, -0.1) is 0 Å². The second kappa shape index (κ2) is 8.27. The zero-order chi connectivity index (χ0) is 19.3. The molecule has 0 aliphatic rings. The lowest BCUT2D eigenvalue weighted by atomic mass is 10.1. The highest BCUT2D eigenvalue weighted by atomic mass is 32.2. The number of halogens is 2. The molecule has 0 unspecified atom stereocenters. The van der Waals surface area contributed by atoms with Gasteiger partial charge < -0.3 is 10.7 Å². The highest BCUT2D eigenvalue weighted by Gasteiger charge is 2.16. The largest absolute Gasteiger partial charge is 0.385 e. The number of benzene rings is 2. The summed E-state index contributed by atoms with van der Waals surface area (Å²) in [6.07, 6.45) is 2.04. The third-order valence-corrected chi connectivity index (χ3v) is 5.00. The summed E-state index contributed by atoms with van der Waals surface area (Å²) < 4.78 is 54.2. The fourth-order valence-electron chi connectivity index (χ4n) is 2.38. The molecule has 26 heavy (non-hydrogen) atoms. The molecule has 0 atom stereocenters. The molecule has 0 saturated heterocycles. The minimum Gasteiger partial charge on any atom is -0.385 e. The molecule has 0 spiro atoms. The van der Waals surface area contributed by atoms with Crippen LogP contribution in [-0.2, 0) is 15.8 Å². The molecule has 2 aromatic carbocycles. The van der Waals surface area contributed by atoms with Crippen LogP contribution in [0.1, 0.15) is 30.0 Å². The first-order chi connectivity index (χ1) is 12.3. The van der Waals surface area contributed by atoms with Gasteiger partial charge in [0.1, 0.15) is 11.6 Å². The van der Waals surface area contributed by atoms with E-state index in [0.717, 1.165) is 37.0 Å². The summed E-state index contributed by atoms with van der Waals surface area (Å²) in [5.41, 5.74) is 1.41. The molecule has 0 radical (unpaired) electrons. The predicted molar refractivity (Wildman–Crippen MR) is 100 cm³/mol. The summed E-state index contributed by atoms with van der Waals surface area (Å²) >= 11 is 0. The second-order valence-electron chi connectivity index (χ2n) is 5.92. The molecular formula is C18H21F2N3O2S. The van der Waals surface area contributed by atoms with Crippen LogP contribution < -0.4 is 10.0 Å². The minimum absolute atomic E-state index is 0.0200. The van der Waals surface area contributed by atoms with Gasteiger partial charge in [0, 0.05) is 35.3 Å². The third-order valence-electron chi connectivity index (χ3n) is 3.74. The maximum atomic E-state index is 13.6. The van der Waals surface area contributed by atoms with Crippen molar-refractivity contribution in [2.24, 2.45) is 0 Å². The molecule has 2 rings (SSSR count). The molecule has 5 nitrogen and oxygen atoms in total. The molecule has 0 heterocycles. The van der Waals surface area contributed by atoms with Crippen molar-refractivity contribution in [3.05, 3.63) is 58.7 Å². The number of rotatable bonds is 8. The summed E-state index contributed by atoms with van der Waals surface area (Å²) in [6, 6.07) is 6.80. The van der Waals surface area contributed by atoms with Crippen LogP contribution in [0, 0.1) is 24.0 Å². The minimum atomic E-state index is -3.87. The lowest BCUT2D eigenvalue weighted by molar-refractivity contribution is 0.565. The molecule has 0 saturated carbocycles. The highest BCUT2D eigenvalue weighted by Crippen LogP contribution is 2.22. The fraction of sp³-hybridized carbons (Fsp3) is 0.278. The van der Waals surface area contributed by atoms with Crippen molar-refractivity contribution in [3.63, 3.8) is 0 Å². The van der Waals surface area contributed by atoms with Crippen LogP contribution in [0.4, 0.5) is 20.2 Å². The zero-order valence-corrected chi connectivity index (χ0v) is 15.4. The normalized spacial score (nSPS) is 11.2. The molecule has 0 bridgehead atoms. The zero-order valence-electron chi connectivity index (χ0n) is 14.6. The van der Waals surface area contributed by atoms with Crippen LogP contribution in [-0.4, -0.2) is 21.2 Å². The fourth-order valence-corrected chi connectivity index (χ4v) is 3.55. The molecule has 140 valence electrons. The van der Waals surface area contributed by atoms with Crippen LogP contribution >= 0.6 is 0 Å². The summed E-state index contributed by atoms with van der Waals surface area (Å²) in [6.45, 7) is 4.03.